The van der Waals surface area contributed by atoms with Gasteiger partial charge in [0.1, 0.15) is 0 Å². The largest absolute Gasteiger partial charge is 0.332 e. The molecule has 0 radical (unpaired) electrons. The van der Waals surface area contributed by atoms with Crippen molar-refractivity contribution in [2.24, 2.45) is 0 Å². The zero-order valence-corrected chi connectivity index (χ0v) is 11.1. The van der Waals surface area contributed by atoms with Crippen LogP contribution >= 0.6 is 23.6 Å². The van der Waals surface area contributed by atoms with Gasteiger partial charge in [0, 0.05) is 16.8 Å². The summed E-state index contributed by atoms with van der Waals surface area (Å²) in [7, 11) is 0. The molecular weight excluding hydrogens is 250 g/mol. The van der Waals surface area contributed by atoms with Crippen LogP contribution in [-0.4, -0.2) is 10.1 Å². The maximum atomic E-state index is 5.21. The van der Waals surface area contributed by atoms with Crippen molar-refractivity contribution in [3.63, 3.8) is 0 Å². The van der Waals surface area contributed by atoms with Crippen molar-refractivity contribution in [1.29, 1.82) is 0 Å². The number of nitrogens with one attached hydrogen (secondary N) is 2. The second kappa shape index (κ2) is 5.75. The highest BCUT2D eigenvalue weighted by molar-refractivity contribution is 7.80. The third-order valence-corrected chi connectivity index (χ3v) is 3.42. The maximum Gasteiger partial charge on any atom is 0.189 e. The number of benzene rings is 1. The fraction of sp³-hybridized carbons (Fsp3) is 0.167. The second-order valence-electron chi connectivity index (χ2n) is 3.43. The highest BCUT2D eigenvalue weighted by Gasteiger charge is 2.02. The summed E-state index contributed by atoms with van der Waals surface area (Å²) in [6.45, 7) is 2.11. The number of hydrogen-bond donors (Lipinski definition) is 2. The van der Waals surface area contributed by atoms with E-state index in [4.69, 9.17) is 12.2 Å². The van der Waals surface area contributed by atoms with Crippen LogP contribution in [0.2, 0.25) is 0 Å². The summed E-state index contributed by atoms with van der Waals surface area (Å²) >= 11 is 6.83. The SMILES string of the molecule is CCc1cnc(NC(=S)Nc2ccccc2)s1. The summed E-state index contributed by atoms with van der Waals surface area (Å²) in [5, 5.41) is 7.57. The van der Waals surface area contributed by atoms with Crippen LogP contribution in [0.25, 0.3) is 0 Å². The van der Waals surface area contributed by atoms with Gasteiger partial charge in [0.25, 0.3) is 0 Å². The number of para-hydroxylation sites is 1. The number of thiocarbonyl (C=S) groups is 1. The summed E-state index contributed by atoms with van der Waals surface area (Å²) in [6, 6.07) is 9.82. The standard InChI is InChI=1S/C12H13N3S2/c1-2-10-8-13-12(17-10)15-11(16)14-9-6-4-3-5-7-9/h3-8H,2H2,1H3,(H2,13,14,15,16). The van der Waals surface area contributed by atoms with Gasteiger partial charge in [-0.2, -0.15) is 0 Å². The molecule has 88 valence electrons. The minimum absolute atomic E-state index is 0.563. The average molecular weight is 263 g/mol. The fourth-order valence-electron chi connectivity index (χ4n) is 1.31. The van der Waals surface area contributed by atoms with Gasteiger partial charge in [-0.3, -0.25) is 0 Å². The maximum absolute atomic E-state index is 5.21. The lowest BCUT2D eigenvalue weighted by Gasteiger charge is -2.07. The van der Waals surface area contributed by atoms with Gasteiger partial charge in [-0.05, 0) is 30.8 Å². The first-order chi connectivity index (χ1) is 8.28. The molecule has 0 amide bonds. The van der Waals surface area contributed by atoms with Crippen molar-refractivity contribution in [2.45, 2.75) is 13.3 Å². The molecule has 0 atom stereocenters. The van der Waals surface area contributed by atoms with Crippen LogP contribution in [-0.2, 0) is 6.42 Å². The first kappa shape index (κ1) is 12.0. The van der Waals surface area contributed by atoms with Gasteiger partial charge in [0.05, 0.1) is 0 Å². The van der Waals surface area contributed by atoms with Crippen molar-refractivity contribution in [3.8, 4) is 0 Å². The van der Waals surface area contributed by atoms with E-state index in [9.17, 15) is 0 Å². The van der Waals surface area contributed by atoms with E-state index in [-0.39, 0.29) is 0 Å². The summed E-state index contributed by atoms with van der Waals surface area (Å²) in [5.41, 5.74) is 0.970. The molecule has 0 aliphatic heterocycles. The lowest BCUT2D eigenvalue weighted by molar-refractivity contribution is 1.17. The molecule has 0 aliphatic carbocycles. The van der Waals surface area contributed by atoms with Gasteiger partial charge >= 0.3 is 0 Å². The number of nitrogens with zero attached hydrogens (tertiary/aromatic N) is 1. The number of aryl methyl sites for hydroxylation is 1. The Hall–Kier alpha value is -1.46. The first-order valence-corrected chi connectivity index (χ1v) is 6.58. The topological polar surface area (TPSA) is 37.0 Å². The van der Waals surface area contributed by atoms with Gasteiger partial charge in [-0.25, -0.2) is 4.98 Å². The highest BCUT2D eigenvalue weighted by Crippen LogP contribution is 2.18. The van der Waals surface area contributed by atoms with Gasteiger partial charge in [-0.1, -0.05) is 25.1 Å². The predicted octanol–water partition coefficient (Wildman–Crippen LogP) is 3.51. The third kappa shape index (κ3) is 3.51. The van der Waals surface area contributed by atoms with Crippen molar-refractivity contribution in [3.05, 3.63) is 41.4 Å². The minimum Gasteiger partial charge on any atom is -0.332 e. The molecule has 0 saturated carbocycles. The average Bonchev–Trinajstić information content (AvgIpc) is 2.78. The van der Waals surface area contributed by atoms with Crippen molar-refractivity contribution >= 4 is 39.5 Å². The zero-order valence-electron chi connectivity index (χ0n) is 9.43. The van der Waals surface area contributed by atoms with E-state index < -0.39 is 0 Å². The minimum atomic E-state index is 0.563. The second-order valence-corrected chi connectivity index (χ2v) is 4.95. The molecule has 0 saturated heterocycles. The van der Waals surface area contributed by atoms with E-state index in [1.807, 2.05) is 36.5 Å². The molecule has 0 spiro atoms. The van der Waals surface area contributed by atoms with Crippen molar-refractivity contribution in [2.75, 3.05) is 10.6 Å². The summed E-state index contributed by atoms with van der Waals surface area (Å²) in [4.78, 5) is 5.49. The third-order valence-electron chi connectivity index (χ3n) is 2.15. The lowest BCUT2D eigenvalue weighted by atomic mass is 10.3. The van der Waals surface area contributed by atoms with E-state index in [1.54, 1.807) is 11.3 Å². The van der Waals surface area contributed by atoms with E-state index in [0.717, 1.165) is 17.2 Å². The zero-order chi connectivity index (χ0) is 12.1. The van der Waals surface area contributed by atoms with E-state index in [0.29, 0.717) is 5.11 Å². The Morgan fingerprint density at radius 2 is 2.06 bits per heavy atom. The molecule has 1 aromatic heterocycles. The smallest absolute Gasteiger partial charge is 0.189 e. The first-order valence-electron chi connectivity index (χ1n) is 5.35. The van der Waals surface area contributed by atoms with E-state index in [1.165, 1.54) is 4.88 Å². The van der Waals surface area contributed by atoms with Crippen LogP contribution in [0.15, 0.2) is 36.5 Å². The van der Waals surface area contributed by atoms with Gasteiger partial charge in [-0.15, -0.1) is 11.3 Å². The van der Waals surface area contributed by atoms with Crippen LogP contribution in [0.1, 0.15) is 11.8 Å². The number of aromatic nitrogens is 1. The summed E-state index contributed by atoms with van der Waals surface area (Å²) in [6.07, 6.45) is 2.87. The van der Waals surface area contributed by atoms with Gasteiger partial charge in [0.15, 0.2) is 10.2 Å². The Kier molecular flexibility index (Phi) is 4.06. The molecule has 2 rings (SSSR count). The molecule has 0 aliphatic rings. The van der Waals surface area contributed by atoms with E-state index in [2.05, 4.69) is 22.5 Å². The Balaban J connectivity index is 1.93. The highest BCUT2D eigenvalue weighted by atomic mass is 32.1. The number of hydrogen-bond acceptors (Lipinski definition) is 3. The van der Waals surface area contributed by atoms with Crippen molar-refractivity contribution in [1.82, 2.24) is 4.98 Å². The Morgan fingerprint density at radius 3 is 2.71 bits per heavy atom. The summed E-state index contributed by atoms with van der Waals surface area (Å²) < 4.78 is 0. The molecule has 2 aromatic rings. The van der Waals surface area contributed by atoms with Crippen LogP contribution in [0, 0.1) is 0 Å². The van der Waals surface area contributed by atoms with Crippen LogP contribution < -0.4 is 10.6 Å². The molecule has 0 bridgehead atoms. The van der Waals surface area contributed by atoms with Crippen LogP contribution in [0.4, 0.5) is 10.8 Å². The quantitative estimate of drug-likeness (QED) is 0.831. The fourth-order valence-corrected chi connectivity index (χ4v) is 2.35. The predicted molar refractivity (Wildman–Crippen MR) is 77.8 cm³/mol. The molecule has 1 aromatic carbocycles. The Labute approximate surface area is 110 Å². The lowest BCUT2D eigenvalue weighted by Crippen LogP contribution is -2.18. The molecule has 1 heterocycles. The molecule has 5 heteroatoms. The number of rotatable bonds is 3. The molecule has 17 heavy (non-hydrogen) atoms. The van der Waals surface area contributed by atoms with Crippen LogP contribution in [0.3, 0.4) is 0 Å². The number of thiazole rings is 1. The van der Waals surface area contributed by atoms with Gasteiger partial charge < -0.3 is 10.6 Å². The van der Waals surface area contributed by atoms with Crippen molar-refractivity contribution < 1.29 is 0 Å². The van der Waals surface area contributed by atoms with E-state index >= 15 is 0 Å². The molecular formula is C12H13N3S2. The monoisotopic (exact) mass is 263 g/mol. The Bertz CT molecular complexity index is 493. The number of anilines is 2. The Morgan fingerprint density at radius 1 is 1.29 bits per heavy atom. The molecule has 0 unspecified atom stereocenters. The molecule has 0 fully saturated rings. The van der Waals surface area contributed by atoms with Crippen LogP contribution in [0.5, 0.6) is 0 Å². The normalized spacial score (nSPS) is 9.94. The molecule has 2 N–H and O–H groups in total. The molecule has 3 nitrogen and oxygen atoms in total. The van der Waals surface area contributed by atoms with Gasteiger partial charge in [0.2, 0.25) is 0 Å². The summed E-state index contributed by atoms with van der Waals surface area (Å²) in [5.74, 6) is 0.